The average Bonchev–Trinajstić information content (AvgIpc) is 2.46. The number of amides is 1. The third kappa shape index (κ3) is 5.75. The highest BCUT2D eigenvalue weighted by atomic mass is 32.2. The molecule has 0 saturated heterocycles. The fourth-order valence-electron chi connectivity index (χ4n) is 1.54. The Hall–Kier alpha value is -1.56. The Morgan fingerprint density at radius 2 is 1.95 bits per heavy atom. The highest BCUT2D eigenvalue weighted by molar-refractivity contribution is 7.99. The standard InChI is InChI=1S/C15H20FNO3S/c1-3-15(2,14(19)20)10-17-13(18)9-21-8-11-4-6-12(16)7-5-11/h4-7H,3,8-10H2,1-2H3,(H,17,18)(H,19,20). The van der Waals surface area contributed by atoms with E-state index in [1.165, 1.54) is 23.9 Å². The number of rotatable bonds is 8. The molecule has 1 aromatic rings. The predicted molar refractivity (Wildman–Crippen MR) is 81.6 cm³/mol. The fraction of sp³-hybridized carbons (Fsp3) is 0.467. The van der Waals surface area contributed by atoms with Crippen molar-refractivity contribution >= 4 is 23.6 Å². The van der Waals surface area contributed by atoms with Crippen molar-refractivity contribution in [2.45, 2.75) is 26.0 Å². The zero-order valence-corrected chi connectivity index (χ0v) is 13.0. The van der Waals surface area contributed by atoms with Gasteiger partial charge in [0.1, 0.15) is 5.82 Å². The Labute approximate surface area is 128 Å². The van der Waals surface area contributed by atoms with E-state index in [0.717, 1.165) is 5.56 Å². The van der Waals surface area contributed by atoms with Crippen molar-refractivity contribution in [2.24, 2.45) is 5.41 Å². The molecule has 0 radical (unpaired) electrons. The summed E-state index contributed by atoms with van der Waals surface area (Å²) in [6.45, 7) is 3.51. The lowest BCUT2D eigenvalue weighted by Crippen LogP contribution is -2.41. The molecule has 21 heavy (non-hydrogen) atoms. The van der Waals surface area contributed by atoms with E-state index in [-0.39, 0.29) is 24.0 Å². The number of carboxylic acids is 1. The van der Waals surface area contributed by atoms with Crippen molar-refractivity contribution in [2.75, 3.05) is 12.3 Å². The first-order valence-corrected chi connectivity index (χ1v) is 7.85. The summed E-state index contributed by atoms with van der Waals surface area (Å²) in [6.07, 6.45) is 0.450. The number of hydrogen-bond acceptors (Lipinski definition) is 3. The molecule has 116 valence electrons. The molecule has 0 spiro atoms. The van der Waals surface area contributed by atoms with Crippen LogP contribution in [-0.2, 0) is 15.3 Å². The molecule has 2 N–H and O–H groups in total. The van der Waals surface area contributed by atoms with E-state index in [2.05, 4.69) is 5.32 Å². The molecule has 0 aliphatic carbocycles. The quantitative estimate of drug-likeness (QED) is 0.774. The van der Waals surface area contributed by atoms with Crippen LogP contribution < -0.4 is 5.32 Å². The maximum Gasteiger partial charge on any atom is 0.311 e. The third-order valence-corrected chi connectivity index (χ3v) is 4.39. The van der Waals surface area contributed by atoms with Crippen LogP contribution in [0.2, 0.25) is 0 Å². The van der Waals surface area contributed by atoms with Crippen LogP contribution in [0.3, 0.4) is 0 Å². The summed E-state index contributed by atoms with van der Waals surface area (Å²) < 4.78 is 12.7. The third-order valence-electron chi connectivity index (χ3n) is 3.39. The molecule has 4 nitrogen and oxygen atoms in total. The van der Waals surface area contributed by atoms with Crippen LogP contribution in [0.25, 0.3) is 0 Å². The second-order valence-corrected chi connectivity index (χ2v) is 6.10. The Bertz CT molecular complexity index is 492. The molecule has 1 atom stereocenters. The number of nitrogens with one attached hydrogen (secondary N) is 1. The SMILES string of the molecule is CCC(C)(CNC(=O)CSCc1ccc(F)cc1)C(=O)O. The number of halogens is 1. The van der Waals surface area contributed by atoms with Crippen molar-refractivity contribution in [1.82, 2.24) is 5.32 Å². The van der Waals surface area contributed by atoms with Gasteiger partial charge in [0.15, 0.2) is 0 Å². The molecule has 0 heterocycles. The number of benzene rings is 1. The van der Waals surface area contributed by atoms with Gasteiger partial charge in [0.05, 0.1) is 11.2 Å². The summed E-state index contributed by atoms with van der Waals surface area (Å²) in [5.74, 6) is -0.532. The topological polar surface area (TPSA) is 66.4 Å². The minimum atomic E-state index is -0.933. The lowest BCUT2D eigenvalue weighted by Gasteiger charge is -2.23. The normalized spacial score (nSPS) is 13.5. The predicted octanol–water partition coefficient (Wildman–Crippen LogP) is 2.68. The van der Waals surface area contributed by atoms with Gasteiger partial charge in [-0.2, -0.15) is 0 Å². The molecule has 0 bridgehead atoms. The summed E-state index contributed by atoms with van der Waals surface area (Å²) in [5.41, 5.74) is 0.00946. The number of hydrogen-bond donors (Lipinski definition) is 2. The first-order valence-electron chi connectivity index (χ1n) is 6.69. The van der Waals surface area contributed by atoms with Crippen LogP contribution in [-0.4, -0.2) is 29.3 Å². The summed E-state index contributed by atoms with van der Waals surface area (Å²) in [5, 5.41) is 11.8. The van der Waals surface area contributed by atoms with Crippen molar-refractivity contribution in [3.63, 3.8) is 0 Å². The smallest absolute Gasteiger partial charge is 0.311 e. The number of carbonyl (C=O) groups excluding carboxylic acids is 1. The van der Waals surface area contributed by atoms with Gasteiger partial charge in [-0.05, 0) is 31.0 Å². The van der Waals surface area contributed by atoms with E-state index in [1.54, 1.807) is 26.0 Å². The van der Waals surface area contributed by atoms with Crippen LogP contribution in [0.1, 0.15) is 25.8 Å². The first-order chi connectivity index (χ1) is 9.87. The van der Waals surface area contributed by atoms with Crippen LogP contribution >= 0.6 is 11.8 Å². The molecule has 1 aromatic carbocycles. The van der Waals surface area contributed by atoms with E-state index < -0.39 is 11.4 Å². The zero-order valence-electron chi connectivity index (χ0n) is 12.2. The Morgan fingerprint density at radius 1 is 1.33 bits per heavy atom. The molecule has 0 saturated carbocycles. The lowest BCUT2D eigenvalue weighted by atomic mass is 9.88. The lowest BCUT2D eigenvalue weighted by molar-refractivity contribution is -0.148. The number of thioether (sulfide) groups is 1. The van der Waals surface area contributed by atoms with Gasteiger partial charge in [0, 0.05) is 12.3 Å². The van der Waals surface area contributed by atoms with Gasteiger partial charge in [-0.1, -0.05) is 19.1 Å². The van der Waals surface area contributed by atoms with Gasteiger partial charge < -0.3 is 10.4 Å². The molecule has 0 aliphatic rings. The van der Waals surface area contributed by atoms with Crippen LogP contribution in [0, 0.1) is 11.2 Å². The Morgan fingerprint density at radius 3 is 2.48 bits per heavy atom. The first kappa shape index (κ1) is 17.5. The molecule has 6 heteroatoms. The van der Waals surface area contributed by atoms with Gasteiger partial charge in [0.25, 0.3) is 0 Å². The minimum absolute atomic E-state index is 0.120. The summed E-state index contributed by atoms with van der Waals surface area (Å²) >= 11 is 1.40. The van der Waals surface area contributed by atoms with E-state index in [0.29, 0.717) is 12.2 Å². The highest BCUT2D eigenvalue weighted by Gasteiger charge is 2.31. The molecule has 1 amide bonds. The van der Waals surface area contributed by atoms with Gasteiger partial charge in [0.2, 0.25) is 5.91 Å². The molecule has 0 aliphatic heterocycles. The Kier molecular flexibility index (Phi) is 6.68. The summed E-state index contributed by atoms with van der Waals surface area (Å²) in [4.78, 5) is 22.8. The van der Waals surface area contributed by atoms with Crippen molar-refractivity contribution in [1.29, 1.82) is 0 Å². The summed E-state index contributed by atoms with van der Waals surface area (Å²) in [6, 6.07) is 6.13. The van der Waals surface area contributed by atoms with E-state index in [4.69, 9.17) is 5.11 Å². The largest absolute Gasteiger partial charge is 0.481 e. The van der Waals surface area contributed by atoms with Crippen molar-refractivity contribution in [3.8, 4) is 0 Å². The summed E-state index contributed by atoms with van der Waals surface area (Å²) in [7, 11) is 0. The van der Waals surface area contributed by atoms with Crippen LogP contribution in [0.4, 0.5) is 4.39 Å². The second kappa shape index (κ2) is 8.02. The Balaban J connectivity index is 2.31. The van der Waals surface area contributed by atoms with E-state index in [1.807, 2.05) is 0 Å². The number of carbonyl (C=O) groups is 2. The van der Waals surface area contributed by atoms with Crippen molar-refractivity contribution < 1.29 is 19.1 Å². The highest BCUT2D eigenvalue weighted by Crippen LogP contribution is 2.20. The van der Waals surface area contributed by atoms with Gasteiger partial charge in [-0.15, -0.1) is 11.8 Å². The minimum Gasteiger partial charge on any atom is -0.481 e. The fourth-order valence-corrected chi connectivity index (χ4v) is 2.36. The number of carboxylic acid groups (broad SMARTS) is 1. The average molecular weight is 313 g/mol. The van der Waals surface area contributed by atoms with E-state index >= 15 is 0 Å². The molecule has 1 rings (SSSR count). The molecular weight excluding hydrogens is 293 g/mol. The van der Waals surface area contributed by atoms with Gasteiger partial charge in [-0.3, -0.25) is 9.59 Å². The monoisotopic (exact) mass is 313 g/mol. The van der Waals surface area contributed by atoms with Crippen LogP contribution in [0.5, 0.6) is 0 Å². The molecular formula is C15H20FNO3S. The van der Waals surface area contributed by atoms with Gasteiger partial charge in [-0.25, -0.2) is 4.39 Å². The second-order valence-electron chi connectivity index (χ2n) is 5.12. The molecule has 1 unspecified atom stereocenters. The maximum atomic E-state index is 12.7. The van der Waals surface area contributed by atoms with Crippen LogP contribution in [0.15, 0.2) is 24.3 Å². The molecule has 0 aromatic heterocycles. The zero-order chi connectivity index (χ0) is 15.9. The van der Waals surface area contributed by atoms with Crippen molar-refractivity contribution in [3.05, 3.63) is 35.6 Å². The maximum absolute atomic E-state index is 12.7. The van der Waals surface area contributed by atoms with Gasteiger partial charge >= 0.3 is 5.97 Å². The van der Waals surface area contributed by atoms with E-state index in [9.17, 15) is 14.0 Å². The molecule has 0 fully saturated rings. The number of aliphatic carboxylic acids is 1.